The third-order valence-electron chi connectivity index (χ3n) is 3.58. The van der Waals surface area contributed by atoms with E-state index in [0.29, 0.717) is 5.92 Å². The summed E-state index contributed by atoms with van der Waals surface area (Å²) in [6, 6.07) is 4.12. The molecule has 2 heterocycles. The van der Waals surface area contributed by atoms with Gasteiger partial charge in [-0.05, 0) is 53.7 Å². The van der Waals surface area contributed by atoms with Gasteiger partial charge in [0.05, 0.1) is 5.69 Å². The molecule has 2 rings (SSSR count). The number of anilines is 1. The first-order valence-corrected chi connectivity index (χ1v) is 7.48. The zero-order valence-electron chi connectivity index (χ0n) is 11.4. The summed E-state index contributed by atoms with van der Waals surface area (Å²) < 4.78 is 1.05. The molecule has 1 saturated heterocycles. The van der Waals surface area contributed by atoms with Crippen LogP contribution in [0.2, 0.25) is 0 Å². The predicted molar refractivity (Wildman–Crippen MR) is 80.3 cm³/mol. The van der Waals surface area contributed by atoms with Crippen LogP contribution in [0.25, 0.3) is 0 Å². The SMILES string of the molecule is CC(=O)NCC1CCN(c2ccc(Br)c(C)n2)CC1. The van der Waals surface area contributed by atoms with E-state index in [-0.39, 0.29) is 5.91 Å². The Bertz CT molecular complexity index is 456. The molecule has 0 spiro atoms. The Hall–Kier alpha value is -1.10. The average Bonchev–Trinajstić information content (AvgIpc) is 2.40. The standard InChI is InChI=1S/C14H20BrN3O/c1-10-13(15)3-4-14(17-10)18-7-5-12(6-8-18)9-16-11(2)19/h3-4,12H,5-9H2,1-2H3,(H,16,19). The average molecular weight is 326 g/mol. The summed E-state index contributed by atoms with van der Waals surface area (Å²) in [5, 5.41) is 2.91. The second kappa shape index (κ2) is 6.37. The Kier molecular flexibility index (Phi) is 4.80. The maximum Gasteiger partial charge on any atom is 0.216 e. The first kappa shape index (κ1) is 14.3. The number of hydrogen-bond acceptors (Lipinski definition) is 3. The molecule has 0 aromatic carbocycles. The first-order valence-electron chi connectivity index (χ1n) is 6.69. The number of carbonyl (C=O) groups excluding carboxylic acids is 1. The highest BCUT2D eigenvalue weighted by Gasteiger charge is 2.20. The zero-order chi connectivity index (χ0) is 13.8. The fourth-order valence-corrected chi connectivity index (χ4v) is 2.58. The summed E-state index contributed by atoms with van der Waals surface area (Å²) in [5.74, 6) is 1.71. The van der Waals surface area contributed by atoms with Crippen LogP contribution in [0.15, 0.2) is 16.6 Å². The van der Waals surface area contributed by atoms with Crippen LogP contribution in [0.4, 0.5) is 5.82 Å². The normalized spacial score (nSPS) is 16.5. The molecular weight excluding hydrogens is 306 g/mol. The summed E-state index contributed by atoms with van der Waals surface area (Å²) in [5.41, 5.74) is 1.03. The van der Waals surface area contributed by atoms with Crippen molar-refractivity contribution >= 4 is 27.7 Å². The molecule has 1 fully saturated rings. The molecule has 0 saturated carbocycles. The lowest BCUT2D eigenvalue weighted by atomic mass is 9.97. The zero-order valence-corrected chi connectivity index (χ0v) is 13.0. The molecule has 1 N–H and O–H groups in total. The third kappa shape index (κ3) is 3.93. The van der Waals surface area contributed by atoms with Gasteiger partial charge >= 0.3 is 0 Å². The molecule has 5 heteroatoms. The van der Waals surface area contributed by atoms with E-state index in [1.807, 2.05) is 6.92 Å². The van der Waals surface area contributed by atoms with Gasteiger partial charge in [0, 0.05) is 31.0 Å². The minimum Gasteiger partial charge on any atom is -0.357 e. The van der Waals surface area contributed by atoms with Crippen LogP contribution in [0.5, 0.6) is 0 Å². The first-order chi connectivity index (χ1) is 9.06. The van der Waals surface area contributed by atoms with Crippen LogP contribution >= 0.6 is 15.9 Å². The van der Waals surface area contributed by atoms with Gasteiger partial charge in [0.1, 0.15) is 5.82 Å². The van der Waals surface area contributed by atoms with E-state index in [1.54, 1.807) is 6.92 Å². The van der Waals surface area contributed by atoms with Gasteiger partial charge in [-0.3, -0.25) is 4.79 Å². The summed E-state index contributed by atoms with van der Waals surface area (Å²) in [4.78, 5) is 17.8. The van der Waals surface area contributed by atoms with Gasteiger partial charge < -0.3 is 10.2 Å². The van der Waals surface area contributed by atoms with Crippen molar-refractivity contribution in [1.29, 1.82) is 0 Å². The minimum absolute atomic E-state index is 0.0626. The number of halogens is 1. The summed E-state index contributed by atoms with van der Waals surface area (Å²) >= 11 is 3.48. The molecule has 1 aliphatic rings. The maximum absolute atomic E-state index is 10.9. The van der Waals surface area contributed by atoms with Crippen LogP contribution in [0.1, 0.15) is 25.5 Å². The number of carbonyl (C=O) groups is 1. The lowest BCUT2D eigenvalue weighted by Gasteiger charge is -2.33. The van der Waals surface area contributed by atoms with Gasteiger partial charge in [0.2, 0.25) is 5.91 Å². The lowest BCUT2D eigenvalue weighted by Crippen LogP contribution is -2.38. The molecule has 19 heavy (non-hydrogen) atoms. The molecule has 1 aliphatic heterocycles. The minimum atomic E-state index is 0.0626. The Morgan fingerprint density at radius 3 is 2.74 bits per heavy atom. The fourth-order valence-electron chi connectivity index (χ4n) is 2.36. The van der Waals surface area contributed by atoms with Crippen LogP contribution in [-0.4, -0.2) is 30.5 Å². The van der Waals surface area contributed by atoms with Gasteiger partial charge in [0.25, 0.3) is 0 Å². The van der Waals surface area contributed by atoms with E-state index in [1.165, 1.54) is 0 Å². The Morgan fingerprint density at radius 1 is 1.47 bits per heavy atom. The molecule has 4 nitrogen and oxygen atoms in total. The molecule has 1 aromatic rings. The van der Waals surface area contributed by atoms with Gasteiger partial charge in [-0.15, -0.1) is 0 Å². The Morgan fingerprint density at radius 2 is 2.16 bits per heavy atom. The van der Waals surface area contributed by atoms with Gasteiger partial charge in [-0.25, -0.2) is 4.98 Å². The van der Waals surface area contributed by atoms with E-state index in [0.717, 1.165) is 48.5 Å². The Labute approximate surface area is 122 Å². The molecule has 0 radical (unpaired) electrons. The monoisotopic (exact) mass is 325 g/mol. The second-order valence-electron chi connectivity index (χ2n) is 5.10. The second-order valence-corrected chi connectivity index (χ2v) is 5.96. The predicted octanol–water partition coefficient (Wildman–Crippen LogP) is 2.51. The lowest BCUT2D eigenvalue weighted by molar-refractivity contribution is -0.119. The quantitative estimate of drug-likeness (QED) is 0.928. The topological polar surface area (TPSA) is 45.2 Å². The number of pyridine rings is 1. The van der Waals surface area contributed by atoms with E-state index < -0.39 is 0 Å². The van der Waals surface area contributed by atoms with E-state index in [9.17, 15) is 4.79 Å². The molecule has 0 aliphatic carbocycles. The highest BCUT2D eigenvalue weighted by atomic mass is 79.9. The van der Waals surface area contributed by atoms with E-state index in [4.69, 9.17) is 0 Å². The van der Waals surface area contributed by atoms with E-state index in [2.05, 4.69) is 43.3 Å². The summed E-state index contributed by atoms with van der Waals surface area (Å²) in [6.45, 7) is 6.41. The highest BCUT2D eigenvalue weighted by molar-refractivity contribution is 9.10. The largest absolute Gasteiger partial charge is 0.357 e. The molecular formula is C14H20BrN3O. The number of amides is 1. The van der Waals surface area contributed by atoms with Crippen LogP contribution in [-0.2, 0) is 4.79 Å². The number of nitrogens with one attached hydrogen (secondary N) is 1. The summed E-state index contributed by atoms with van der Waals surface area (Å²) in [7, 11) is 0. The molecule has 104 valence electrons. The van der Waals surface area contributed by atoms with Gasteiger partial charge in [-0.2, -0.15) is 0 Å². The molecule has 0 bridgehead atoms. The number of aromatic nitrogens is 1. The number of hydrogen-bond donors (Lipinski definition) is 1. The summed E-state index contributed by atoms with van der Waals surface area (Å²) in [6.07, 6.45) is 2.22. The number of aryl methyl sites for hydroxylation is 1. The van der Waals surface area contributed by atoms with Crippen LogP contribution < -0.4 is 10.2 Å². The van der Waals surface area contributed by atoms with Crippen LogP contribution in [0, 0.1) is 12.8 Å². The molecule has 0 atom stereocenters. The van der Waals surface area contributed by atoms with Gasteiger partial charge in [0.15, 0.2) is 0 Å². The van der Waals surface area contributed by atoms with Crippen molar-refractivity contribution in [2.75, 3.05) is 24.5 Å². The van der Waals surface area contributed by atoms with Crippen molar-refractivity contribution in [3.8, 4) is 0 Å². The van der Waals surface area contributed by atoms with Crippen molar-refractivity contribution < 1.29 is 4.79 Å². The molecule has 0 unspecified atom stereocenters. The number of piperidine rings is 1. The smallest absolute Gasteiger partial charge is 0.216 e. The molecule has 1 amide bonds. The third-order valence-corrected chi connectivity index (χ3v) is 4.42. The van der Waals surface area contributed by atoms with E-state index >= 15 is 0 Å². The fraction of sp³-hybridized carbons (Fsp3) is 0.571. The van der Waals surface area contributed by atoms with Gasteiger partial charge in [-0.1, -0.05) is 0 Å². The maximum atomic E-state index is 10.9. The Balaban J connectivity index is 1.88. The number of nitrogens with zero attached hydrogens (tertiary/aromatic N) is 2. The van der Waals surface area contributed by atoms with Crippen molar-refractivity contribution in [3.63, 3.8) is 0 Å². The van der Waals surface area contributed by atoms with Crippen molar-refractivity contribution in [2.45, 2.75) is 26.7 Å². The van der Waals surface area contributed by atoms with Crippen molar-refractivity contribution in [2.24, 2.45) is 5.92 Å². The molecule has 1 aromatic heterocycles. The van der Waals surface area contributed by atoms with Crippen molar-refractivity contribution in [1.82, 2.24) is 10.3 Å². The van der Waals surface area contributed by atoms with Crippen LogP contribution in [0.3, 0.4) is 0 Å². The van der Waals surface area contributed by atoms with Crippen molar-refractivity contribution in [3.05, 3.63) is 22.3 Å². The highest BCUT2D eigenvalue weighted by Crippen LogP contribution is 2.24. The number of rotatable bonds is 3.